The predicted octanol–water partition coefficient (Wildman–Crippen LogP) is 3.29. The van der Waals surface area contributed by atoms with Gasteiger partial charge in [-0.05, 0) is 48.5 Å². The second kappa shape index (κ2) is 9.89. The van der Waals surface area contributed by atoms with Crippen molar-refractivity contribution in [1.29, 1.82) is 0 Å². The van der Waals surface area contributed by atoms with Crippen LogP contribution in [-0.2, 0) is 25.7 Å². The third kappa shape index (κ3) is 6.52. The molecule has 9 nitrogen and oxygen atoms in total. The van der Waals surface area contributed by atoms with Crippen molar-refractivity contribution in [3.63, 3.8) is 0 Å². The molecule has 0 atom stereocenters. The molecule has 0 bridgehead atoms. The molecule has 13 heteroatoms. The number of hydrogen-bond donors (Lipinski definition) is 3. The number of hydrogen-bond acceptors (Lipinski definition) is 7. The number of nitrogens with one attached hydrogen (secondary N) is 2. The van der Waals surface area contributed by atoms with Gasteiger partial charge in [0, 0.05) is 17.6 Å². The highest BCUT2D eigenvalue weighted by molar-refractivity contribution is 7.89. The van der Waals surface area contributed by atoms with Gasteiger partial charge < -0.3 is 15.4 Å². The summed E-state index contributed by atoms with van der Waals surface area (Å²) in [5.74, 6) is -1.81. The Labute approximate surface area is 191 Å². The number of nitrogens with two attached hydrogens (primary N) is 1. The number of amides is 1. The van der Waals surface area contributed by atoms with Gasteiger partial charge in [0.25, 0.3) is 5.91 Å². The number of nitrogens with zero attached hydrogens (tertiary/aromatic N) is 1. The zero-order valence-electron chi connectivity index (χ0n) is 17.2. The number of rotatable bonds is 7. The van der Waals surface area contributed by atoms with Gasteiger partial charge in [-0.25, -0.2) is 23.3 Å². The SMILES string of the molecule is NS(=O)(=O)c1cccc(NC(=O)COC(=O)c2cccnc2Nc2cccc(C(F)(F)F)c2)c1. The Balaban J connectivity index is 1.67. The number of pyridine rings is 1. The Morgan fingerprint density at radius 1 is 1.00 bits per heavy atom. The second-order valence-electron chi connectivity index (χ2n) is 6.80. The van der Waals surface area contributed by atoms with Gasteiger partial charge in [-0.3, -0.25) is 4.79 Å². The number of esters is 1. The van der Waals surface area contributed by atoms with E-state index in [0.717, 1.165) is 18.2 Å². The van der Waals surface area contributed by atoms with Crippen molar-refractivity contribution in [2.75, 3.05) is 17.2 Å². The molecular formula is C21H17F3N4O5S. The smallest absolute Gasteiger partial charge is 0.416 e. The number of anilines is 3. The monoisotopic (exact) mass is 494 g/mol. The first-order valence-electron chi connectivity index (χ1n) is 9.42. The lowest BCUT2D eigenvalue weighted by Gasteiger charge is -2.13. The largest absolute Gasteiger partial charge is 0.452 e. The fourth-order valence-electron chi connectivity index (χ4n) is 2.74. The lowest BCUT2D eigenvalue weighted by atomic mass is 10.2. The van der Waals surface area contributed by atoms with Crippen LogP contribution in [0.25, 0.3) is 0 Å². The van der Waals surface area contributed by atoms with Crippen molar-refractivity contribution >= 4 is 39.1 Å². The van der Waals surface area contributed by atoms with Crippen LogP contribution in [0.2, 0.25) is 0 Å². The summed E-state index contributed by atoms with van der Waals surface area (Å²) in [4.78, 5) is 28.3. The molecule has 0 aliphatic heterocycles. The molecule has 0 fully saturated rings. The Kier molecular flexibility index (Phi) is 7.17. The van der Waals surface area contributed by atoms with Crippen molar-refractivity contribution in [2.45, 2.75) is 11.1 Å². The number of aromatic nitrogens is 1. The number of halogens is 3. The molecule has 1 aromatic heterocycles. The molecule has 0 saturated carbocycles. The highest BCUT2D eigenvalue weighted by atomic mass is 32.2. The van der Waals surface area contributed by atoms with Gasteiger partial charge in [-0.15, -0.1) is 0 Å². The fourth-order valence-corrected chi connectivity index (χ4v) is 3.30. The van der Waals surface area contributed by atoms with E-state index in [1.54, 1.807) is 0 Å². The van der Waals surface area contributed by atoms with E-state index in [9.17, 15) is 31.2 Å². The zero-order chi connectivity index (χ0) is 24.9. The lowest BCUT2D eigenvalue weighted by molar-refractivity contribution is -0.137. The number of primary sulfonamides is 1. The van der Waals surface area contributed by atoms with Gasteiger partial charge in [-0.2, -0.15) is 13.2 Å². The number of carbonyl (C=O) groups is 2. The van der Waals surface area contributed by atoms with Gasteiger partial charge in [0.15, 0.2) is 6.61 Å². The number of alkyl halides is 3. The molecule has 0 radical (unpaired) electrons. The Hall–Kier alpha value is -3.97. The van der Waals surface area contributed by atoms with E-state index < -0.39 is 40.2 Å². The summed E-state index contributed by atoms with van der Waals surface area (Å²) in [5, 5.41) is 10.0. The van der Waals surface area contributed by atoms with Crippen LogP contribution in [0, 0.1) is 0 Å². The number of sulfonamides is 1. The first-order valence-corrected chi connectivity index (χ1v) is 11.0. The molecule has 2 aromatic carbocycles. The average molecular weight is 494 g/mol. The summed E-state index contributed by atoms with van der Waals surface area (Å²) in [6.45, 7) is -0.726. The molecular weight excluding hydrogens is 477 g/mol. The molecule has 0 unspecified atom stereocenters. The zero-order valence-corrected chi connectivity index (χ0v) is 18.0. The summed E-state index contributed by atoms with van der Waals surface area (Å²) in [7, 11) is -3.98. The van der Waals surface area contributed by atoms with Crippen molar-refractivity contribution in [2.24, 2.45) is 5.14 Å². The van der Waals surface area contributed by atoms with E-state index in [1.807, 2.05) is 0 Å². The molecule has 3 aromatic rings. The van der Waals surface area contributed by atoms with Crippen molar-refractivity contribution < 1.29 is 35.9 Å². The van der Waals surface area contributed by atoms with Crippen molar-refractivity contribution in [3.8, 4) is 0 Å². The normalized spacial score (nSPS) is 11.5. The molecule has 178 valence electrons. The molecule has 34 heavy (non-hydrogen) atoms. The van der Waals surface area contributed by atoms with E-state index in [0.29, 0.717) is 0 Å². The van der Waals surface area contributed by atoms with Crippen LogP contribution in [0.3, 0.4) is 0 Å². The first-order chi connectivity index (χ1) is 15.9. The van der Waals surface area contributed by atoms with E-state index in [4.69, 9.17) is 9.88 Å². The Bertz CT molecular complexity index is 1330. The topological polar surface area (TPSA) is 140 Å². The van der Waals surface area contributed by atoms with E-state index >= 15 is 0 Å². The molecule has 0 spiro atoms. The van der Waals surface area contributed by atoms with Gasteiger partial charge in [-0.1, -0.05) is 12.1 Å². The first kappa shape index (κ1) is 24.7. The van der Waals surface area contributed by atoms with E-state index in [-0.39, 0.29) is 27.7 Å². The molecule has 3 rings (SSSR count). The molecule has 0 aliphatic carbocycles. The van der Waals surface area contributed by atoms with E-state index in [2.05, 4.69) is 15.6 Å². The fraction of sp³-hybridized carbons (Fsp3) is 0.0952. The second-order valence-corrected chi connectivity index (χ2v) is 8.36. The summed E-state index contributed by atoms with van der Waals surface area (Å²) in [6, 6.07) is 12.2. The molecule has 0 saturated heterocycles. The minimum Gasteiger partial charge on any atom is -0.452 e. The van der Waals surface area contributed by atoms with Crippen LogP contribution in [0.5, 0.6) is 0 Å². The maximum Gasteiger partial charge on any atom is 0.416 e. The third-order valence-corrected chi connectivity index (χ3v) is 5.17. The predicted molar refractivity (Wildman–Crippen MR) is 116 cm³/mol. The highest BCUT2D eigenvalue weighted by Gasteiger charge is 2.30. The van der Waals surface area contributed by atoms with Crippen molar-refractivity contribution in [3.05, 3.63) is 78.0 Å². The number of benzene rings is 2. The lowest BCUT2D eigenvalue weighted by Crippen LogP contribution is -2.22. The van der Waals surface area contributed by atoms with E-state index in [1.165, 1.54) is 48.7 Å². The maximum absolute atomic E-state index is 12.9. The average Bonchev–Trinajstić information content (AvgIpc) is 2.77. The Morgan fingerprint density at radius 2 is 1.71 bits per heavy atom. The number of ether oxygens (including phenoxy) is 1. The molecule has 1 amide bonds. The van der Waals surface area contributed by atoms with Crippen LogP contribution < -0.4 is 15.8 Å². The van der Waals surface area contributed by atoms with Crippen LogP contribution in [0.1, 0.15) is 15.9 Å². The Morgan fingerprint density at radius 3 is 2.41 bits per heavy atom. The van der Waals surface area contributed by atoms with Crippen LogP contribution in [0.15, 0.2) is 71.8 Å². The standard InChI is InChI=1S/C21H17F3N4O5S/c22-21(23,24)13-4-1-5-14(10-13)28-19-17(8-3-9-26-19)20(30)33-12-18(29)27-15-6-2-7-16(11-15)34(25,31)32/h1-11H,12H2,(H,26,28)(H,27,29)(H2,25,31,32). The van der Waals surface area contributed by atoms with Gasteiger partial charge in [0.05, 0.1) is 10.5 Å². The van der Waals surface area contributed by atoms with Crippen LogP contribution >= 0.6 is 0 Å². The minimum absolute atomic E-state index is 0.0371. The highest BCUT2D eigenvalue weighted by Crippen LogP contribution is 2.31. The van der Waals surface area contributed by atoms with Crippen LogP contribution in [0.4, 0.5) is 30.4 Å². The van der Waals surface area contributed by atoms with Crippen LogP contribution in [-0.4, -0.2) is 31.9 Å². The summed E-state index contributed by atoms with van der Waals surface area (Å²) >= 11 is 0. The summed E-state index contributed by atoms with van der Waals surface area (Å²) in [6.07, 6.45) is -3.23. The van der Waals surface area contributed by atoms with Gasteiger partial charge in [0.1, 0.15) is 11.4 Å². The summed E-state index contributed by atoms with van der Waals surface area (Å²) < 4.78 is 66.6. The van der Waals surface area contributed by atoms with Gasteiger partial charge >= 0.3 is 12.1 Å². The summed E-state index contributed by atoms with van der Waals surface area (Å²) in [5.41, 5.74) is -0.861. The van der Waals surface area contributed by atoms with Crippen molar-refractivity contribution in [1.82, 2.24) is 4.98 Å². The third-order valence-electron chi connectivity index (χ3n) is 4.26. The minimum atomic E-state index is -4.55. The molecule has 1 heterocycles. The quantitative estimate of drug-likeness (QED) is 0.428. The molecule has 0 aliphatic rings. The van der Waals surface area contributed by atoms with Gasteiger partial charge in [0.2, 0.25) is 10.0 Å². The molecule has 4 N–H and O–H groups in total. The number of carbonyl (C=O) groups excluding carboxylic acids is 2. The maximum atomic E-state index is 12.9.